The van der Waals surface area contributed by atoms with Crippen molar-refractivity contribution in [1.29, 1.82) is 0 Å². The third-order valence-electron chi connectivity index (χ3n) is 4.58. The molecule has 0 aromatic rings. The second-order valence-electron chi connectivity index (χ2n) is 6.31. The molecule has 0 unspecified atom stereocenters. The molecule has 0 bridgehead atoms. The maximum absolute atomic E-state index is 3.76. The number of rotatable bonds is 14. The Labute approximate surface area is 134 Å². The first-order valence-electron chi connectivity index (χ1n) is 9.27. The lowest BCUT2D eigenvalue weighted by molar-refractivity contribution is 0.279. The molecule has 0 aromatic heterocycles. The van der Waals surface area contributed by atoms with Crippen molar-refractivity contribution in [2.24, 2.45) is 0 Å². The lowest BCUT2D eigenvalue weighted by atomic mass is 10.1. The van der Waals surface area contributed by atoms with Gasteiger partial charge >= 0.3 is 0 Å². The van der Waals surface area contributed by atoms with Crippen LogP contribution >= 0.6 is 0 Å². The number of nitrogens with zero attached hydrogens (tertiary/aromatic N) is 2. The van der Waals surface area contributed by atoms with E-state index in [2.05, 4.69) is 56.7 Å². The van der Waals surface area contributed by atoms with Gasteiger partial charge in [-0.05, 0) is 78.8 Å². The molecule has 21 heavy (non-hydrogen) atoms. The maximum Gasteiger partial charge on any atom is 0.00416 e. The highest BCUT2D eigenvalue weighted by atomic mass is 15.1. The molecule has 1 N–H and O–H groups in total. The fourth-order valence-corrected chi connectivity index (χ4v) is 2.97. The molecule has 0 aliphatic heterocycles. The van der Waals surface area contributed by atoms with Crippen LogP contribution in [-0.4, -0.2) is 61.2 Å². The van der Waals surface area contributed by atoms with Crippen molar-refractivity contribution in [1.82, 2.24) is 15.1 Å². The average Bonchev–Trinajstić information content (AvgIpc) is 2.48. The Morgan fingerprint density at radius 3 is 1.29 bits per heavy atom. The Morgan fingerprint density at radius 1 is 0.667 bits per heavy atom. The molecule has 0 fully saturated rings. The van der Waals surface area contributed by atoms with Crippen LogP contribution in [0.5, 0.6) is 0 Å². The van der Waals surface area contributed by atoms with Crippen LogP contribution in [0.2, 0.25) is 0 Å². The molecule has 0 spiro atoms. The van der Waals surface area contributed by atoms with Gasteiger partial charge in [-0.15, -0.1) is 0 Å². The summed E-state index contributed by atoms with van der Waals surface area (Å²) in [6.07, 6.45) is 5.19. The molecule has 128 valence electrons. The van der Waals surface area contributed by atoms with E-state index < -0.39 is 0 Å². The summed E-state index contributed by atoms with van der Waals surface area (Å²) in [7, 11) is 0. The van der Waals surface area contributed by atoms with Gasteiger partial charge in [-0.25, -0.2) is 0 Å². The van der Waals surface area contributed by atoms with Crippen LogP contribution in [0.15, 0.2) is 0 Å². The summed E-state index contributed by atoms with van der Waals surface area (Å²) < 4.78 is 0. The van der Waals surface area contributed by atoms with Crippen molar-refractivity contribution in [3.8, 4) is 0 Å². The maximum atomic E-state index is 3.76. The van der Waals surface area contributed by atoms with Crippen LogP contribution in [0.4, 0.5) is 0 Å². The van der Waals surface area contributed by atoms with Crippen LogP contribution < -0.4 is 5.32 Å². The minimum absolute atomic E-state index is 0.643. The van der Waals surface area contributed by atoms with Gasteiger partial charge in [0.15, 0.2) is 0 Å². The average molecular weight is 300 g/mol. The SMILES string of the molecule is CCN(CC)CCC[C@H](C)N[C@@H](C)CCCN(CC)CC. The highest BCUT2D eigenvalue weighted by Crippen LogP contribution is 2.04. The second kappa shape index (κ2) is 13.5. The monoisotopic (exact) mass is 299 g/mol. The summed E-state index contributed by atoms with van der Waals surface area (Å²) in [6.45, 7) is 20.9. The quantitative estimate of drug-likeness (QED) is 0.529. The molecule has 0 saturated heterocycles. The molecule has 2 atom stereocenters. The van der Waals surface area contributed by atoms with Crippen molar-refractivity contribution in [2.75, 3.05) is 39.3 Å². The summed E-state index contributed by atoms with van der Waals surface area (Å²) in [5.41, 5.74) is 0. The van der Waals surface area contributed by atoms with E-state index in [1.54, 1.807) is 0 Å². The van der Waals surface area contributed by atoms with Crippen LogP contribution in [-0.2, 0) is 0 Å². The predicted octanol–water partition coefficient (Wildman–Crippen LogP) is 3.60. The second-order valence-corrected chi connectivity index (χ2v) is 6.31. The van der Waals surface area contributed by atoms with Gasteiger partial charge in [0.2, 0.25) is 0 Å². The standard InChI is InChI=1S/C18H41N3/c1-7-20(8-2)15-11-13-17(5)19-18(6)14-12-16-21(9-3)10-4/h17-19H,7-16H2,1-6H3/t17-,18-/m0/s1. The van der Waals surface area contributed by atoms with Crippen LogP contribution in [0.1, 0.15) is 67.2 Å². The molecule has 0 amide bonds. The highest BCUT2D eigenvalue weighted by Gasteiger charge is 2.08. The van der Waals surface area contributed by atoms with E-state index in [1.807, 2.05) is 0 Å². The fraction of sp³-hybridized carbons (Fsp3) is 1.00. The first-order valence-corrected chi connectivity index (χ1v) is 9.27. The molecule has 0 rings (SSSR count). The van der Waals surface area contributed by atoms with E-state index in [1.165, 1.54) is 65.0 Å². The summed E-state index contributed by atoms with van der Waals surface area (Å²) in [5.74, 6) is 0. The molecule has 0 heterocycles. The van der Waals surface area contributed by atoms with Crippen molar-refractivity contribution < 1.29 is 0 Å². The van der Waals surface area contributed by atoms with Gasteiger partial charge in [-0.2, -0.15) is 0 Å². The molecule has 0 aliphatic rings. The van der Waals surface area contributed by atoms with Crippen LogP contribution in [0.25, 0.3) is 0 Å². The number of hydrogen-bond donors (Lipinski definition) is 1. The minimum atomic E-state index is 0.643. The lowest BCUT2D eigenvalue weighted by Gasteiger charge is -2.23. The zero-order valence-electron chi connectivity index (χ0n) is 15.6. The van der Waals surface area contributed by atoms with Gasteiger partial charge in [-0.3, -0.25) is 0 Å². The zero-order chi connectivity index (χ0) is 16.1. The molecule has 3 nitrogen and oxygen atoms in total. The Balaban J connectivity index is 3.66. The Kier molecular flexibility index (Phi) is 13.5. The van der Waals surface area contributed by atoms with Crippen molar-refractivity contribution in [3.05, 3.63) is 0 Å². The third kappa shape index (κ3) is 11.1. The van der Waals surface area contributed by atoms with Crippen LogP contribution in [0.3, 0.4) is 0 Å². The minimum Gasteiger partial charge on any atom is -0.312 e. The van der Waals surface area contributed by atoms with Gasteiger partial charge < -0.3 is 15.1 Å². The van der Waals surface area contributed by atoms with E-state index >= 15 is 0 Å². The van der Waals surface area contributed by atoms with Gasteiger partial charge in [0.25, 0.3) is 0 Å². The first-order chi connectivity index (χ1) is 10.1. The van der Waals surface area contributed by atoms with Gasteiger partial charge in [-0.1, -0.05) is 27.7 Å². The molecule has 3 heteroatoms. The smallest absolute Gasteiger partial charge is 0.00416 e. The molecular weight excluding hydrogens is 258 g/mol. The summed E-state index contributed by atoms with van der Waals surface area (Å²) >= 11 is 0. The van der Waals surface area contributed by atoms with E-state index in [0.29, 0.717) is 12.1 Å². The highest BCUT2D eigenvalue weighted by molar-refractivity contribution is 4.69. The summed E-state index contributed by atoms with van der Waals surface area (Å²) in [5, 5.41) is 3.76. The first kappa shape index (κ1) is 20.9. The largest absolute Gasteiger partial charge is 0.312 e. The molecular formula is C18H41N3. The van der Waals surface area contributed by atoms with Crippen molar-refractivity contribution >= 4 is 0 Å². The number of hydrogen-bond acceptors (Lipinski definition) is 3. The molecule has 0 radical (unpaired) electrons. The van der Waals surface area contributed by atoms with Crippen molar-refractivity contribution in [3.63, 3.8) is 0 Å². The van der Waals surface area contributed by atoms with E-state index in [-0.39, 0.29) is 0 Å². The summed E-state index contributed by atoms with van der Waals surface area (Å²) in [6, 6.07) is 1.29. The zero-order valence-corrected chi connectivity index (χ0v) is 15.6. The molecule has 0 aromatic carbocycles. The predicted molar refractivity (Wildman–Crippen MR) is 96.1 cm³/mol. The number of nitrogens with one attached hydrogen (secondary N) is 1. The van der Waals surface area contributed by atoms with Gasteiger partial charge in [0.1, 0.15) is 0 Å². The van der Waals surface area contributed by atoms with E-state index in [9.17, 15) is 0 Å². The molecule has 0 aliphatic carbocycles. The topological polar surface area (TPSA) is 18.5 Å². The van der Waals surface area contributed by atoms with Gasteiger partial charge in [0.05, 0.1) is 0 Å². The van der Waals surface area contributed by atoms with E-state index in [4.69, 9.17) is 0 Å². The van der Waals surface area contributed by atoms with Crippen LogP contribution in [0, 0.1) is 0 Å². The van der Waals surface area contributed by atoms with Crippen molar-refractivity contribution in [2.45, 2.75) is 79.3 Å². The Bertz CT molecular complexity index is 191. The molecule has 0 saturated carbocycles. The Hall–Kier alpha value is -0.120. The van der Waals surface area contributed by atoms with Gasteiger partial charge in [0, 0.05) is 12.1 Å². The summed E-state index contributed by atoms with van der Waals surface area (Å²) in [4.78, 5) is 5.03. The Morgan fingerprint density at radius 2 is 1.00 bits per heavy atom. The normalized spacial score (nSPS) is 14.9. The van der Waals surface area contributed by atoms with E-state index in [0.717, 1.165) is 0 Å². The third-order valence-corrected chi connectivity index (χ3v) is 4.58. The lowest BCUT2D eigenvalue weighted by Crippen LogP contribution is -2.36. The fourth-order valence-electron chi connectivity index (χ4n) is 2.97.